The number of nitrogens with two attached hydrogens (primary N) is 1. The van der Waals surface area contributed by atoms with Crippen LogP contribution in [0.15, 0.2) is 0 Å². The summed E-state index contributed by atoms with van der Waals surface area (Å²) in [4.78, 5) is 12.5. The molecule has 0 aromatic carbocycles. The molecule has 1 saturated carbocycles. The summed E-state index contributed by atoms with van der Waals surface area (Å²) in [5.41, 5.74) is 7.69. The lowest BCUT2D eigenvalue weighted by atomic mass is 9.70. The van der Waals surface area contributed by atoms with Crippen LogP contribution in [0.1, 0.15) is 56.8 Å². The van der Waals surface area contributed by atoms with Crippen molar-refractivity contribution >= 4 is 17.4 Å². The van der Waals surface area contributed by atoms with E-state index in [2.05, 4.69) is 5.10 Å². The molecule has 1 aliphatic carbocycles. The maximum atomic E-state index is 12.5. The summed E-state index contributed by atoms with van der Waals surface area (Å²) in [6.07, 6.45) is 7.53. The number of ketones is 1. The average Bonchev–Trinajstić information content (AvgIpc) is 2.75. The standard InChI is InChI=1S/C16H26ClN3O/c1-3-13-15(17)14(20(2)19-13)9-12(21)10-16(11-18)7-5-4-6-8-16/h3-11,18H2,1-2H3. The molecule has 1 aromatic rings. The zero-order valence-corrected chi connectivity index (χ0v) is 13.9. The summed E-state index contributed by atoms with van der Waals surface area (Å²) in [5, 5.41) is 5.03. The zero-order chi connectivity index (χ0) is 15.5. The fourth-order valence-electron chi connectivity index (χ4n) is 3.43. The normalized spacial score (nSPS) is 17.9. The third kappa shape index (κ3) is 3.67. The minimum absolute atomic E-state index is 0.0218. The van der Waals surface area contributed by atoms with Crippen LogP contribution in [0.5, 0.6) is 0 Å². The Bertz CT molecular complexity index is 504. The molecule has 1 aliphatic rings. The first-order chi connectivity index (χ1) is 10.0. The Balaban J connectivity index is 2.06. The van der Waals surface area contributed by atoms with E-state index >= 15 is 0 Å². The lowest BCUT2D eigenvalue weighted by Crippen LogP contribution is -2.35. The van der Waals surface area contributed by atoms with Gasteiger partial charge in [-0.1, -0.05) is 37.8 Å². The fraction of sp³-hybridized carbons (Fsp3) is 0.750. The van der Waals surface area contributed by atoms with Gasteiger partial charge >= 0.3 is 0 Å². The van der Waals surface area contributed by atoms with Gasteiger partial charge in [-0.05, 0) is 31.2 Å². The number of nitrogens with zero attached hydrogens (tertiary/aromatic N) is 2. The van der Waals surface area contributed by atoms with Crippen molar-refractivity contribution in [3.63, 3.8) is 0 Å². The second kappa shape index (κ2) is 6.93. The van der Waals surface area contributed by atoms with Crippen molar-refractivity contribution in [3.05, 3.63) is 16.4 Å². The third-order valence-electron chi connectivity index (χ3n) is 4.79. The molecule has 0 amide bonds. The zero-order valence-electron chi connectivity index (χ0n) is 13.1. The first-order valence-electron chi connectivity index (χ1n) is 7.93. The quantitative estimate of drug-likeness (QED) is 0.878. The largest absolute Gasteiger partial charge is 0.330 e. The van der Waals surface area contributed by atoms with Gasteiger partial charge in [-0.25, -0.2) is 0 Å². The van der Waals surface area contributed by atoms with Crippen LogP contribution in [-0.4, -0.2) is 22.1 Å². The van der Waals surface area contributed by atoms with E-state index in [-0.39, 0.29) is 11.2 Å². The van der Waals surface area contributed by atoms with Gasteiger partial charge in [-0.2, -0.15) is 5.10 Å². The SMILES string of the molecule is CCc1nn(C)c(CC(=O)CC2(CN)CCCCC2)c1Cl. The van der Waals surface area contributed by atoms with Gasteiger partial charge < -0.3 is 5.73 Å². The molecule has 0 spiro atoms. The highest BCUT2D eigenvalue weighted by Gasteiger charge is 2.33. The number of carbonyl (C=O) groups excluding carboxylic acids is 1. The number of hydrogen-bond acceptors (Lipinski definition) is 3. The highest BCUT2D eigenvalue weighted by Crippen LogP contribution is 2.39. The number of carbonyl (C=O) groups is 1. The number of hydrogen-bond donors (Lipinski definition) is 1. The van der Waals surface area contributed by atoms with Gasteiger partial charge in [0.15, 0.2) is 0 Å². The molecule has 118 valence electrons. The van der Waals surface area contributed by atoms with Crippen molar-refractivity contribution in [1.29, 1.82) is 0 Å². The van der Waals surface area contributed by atoms with Crippen LogP contribution in [0.2, 0.25) is 5.02 Å². The van der Waals surface area contributed by atoms with Crippen LogP contribution in [0, 0.1) is 5.41 Å². The second-order valence-corrected chi connectivity index (χ2v) is 6.72. The van der Waals surface area contributed by atoms with E-state index in [4.69, 9.17) is 17.3 Å². The minimum Gasteiger partial charge on any atom is -0.330 e. The Morgan fingerprint density at radius 1 is 1.38 bits per heavy atom. The van der Waals surface area contributed by atoms with Crippen molar-refractivity contribution in [1.82, 2.24) is 9.78 Å². The van der Waals surface area contributed by atoms with E-state index in [1.54, 1.807) is 4.68 Å². The number of aryl methyl sites for hydroxylation is 2. The highest BCUT2D eigenvalue weighted by atomic mass is 35.5. The Hall–Kier alpha value is -0.870. The maximum Gasteiger partial charge on any atom is 0.139 e. The van der Waals surface area contributed by atoms with Gasteiger partial charge in [0.2, 0.25) is 0 Å². The molecule has 0 bridgehead atoms. The molecule has 0 unspecified atom stereocenters. The summed E-state index contributed by atoms with van der Waals surface area (Å²) in [6.45, 7) is 2.63. The van der Waals surface area contributed by atoms with E-state index in [0.717, 1.165) is 30.7 Å². The number of aromatic nitrogens is 2. The molecular formula is C16H26ClN3O. The van der Waals surface area contributed by atoms with Gasteiger partial charge in [0.1, 0.15) is 5.78 Å². The molecule has 21 heavy (non-hydrogen) atoms. The van der Waals surface area contributed by atoms with Crippen LogP contribution < -0.4 is 5.73 Å². The molecule has 4 nitrogen and oxygen atoms in total. The summed E-state index contributed by atoms with van der Waals surface area (Å²) < 4.78 is 1.75. The highest BCUT2D eigenvalue weighted by molar-refractivity contribution is 6.32. The van der Waals surface area contributed by atoms with Crippen LogP contribution in [0.3, 0.4) is 0 Å². The number of rotatable bonds is 6. The van der Waals surface area contributed by atoms with E-state index in [1.165, 1.54) is 19.3 Å². The topological polar surface area (TPSA) is 60.9 Å². The van der Waals surface area contributed by atoms with E-state index in [0.29, 0.717) is 24.4 Å². The molecule has 0 aliphatic heterocycles. The Labute approximate surface area is 132 Å². The van der Waals surface area contributed by atoms with Crippen molar-refractivity contribution in [2.45, 2.75) is 58.3 Å². The number of halogens is 1. The molecule has 2 rings (SSSR count). The summed E-state index contributed by atoms with van der Waals surface area (Å²) in [7, 11) is 1.85. The third-order valence-corrected chi connectivity index (χ3v) is 5.22. The van der Waals surface area contributed by atoms with Crippen LogP contribution in [0.4, 0.5) is 0 Å². The fourth-order valence-corrected chi connectivity index (χ4v) is 3.79. The van der Waals surface area contributed by atoms with Gasteiger partial charge in [-0.15, -0.1) is 0 Å². The monoisotopic (exact) mass is 311 g/mol. The van der Waals surface area contributed by atoms with Gasteiger partial charge in [-0.3, -0.25) is 9.48 Å². The Kier molecular flexibility index (Phi) is 5.44. The van der Waals surface area contributed by atoms with Crippen molar-refractivity contribution in [3.8, 4) is 0 Å². The van der Waals surface area contributed by atoms with Crippen LogP contribution in [-0.2, 0) is 24.7 Å². The summed E-state index contributed by atoms with van der Waals surface area (Å²) in [5.74, 6) is 0.231. The van der Waals surface area contributed by atoms with Crippen molar-refractivity contribution in [2.75, 3.05) is 6.54 Å². The van der Waals surface area contributed by atoms with Gasteiger partial charge in [0, 0.05) is 19.9 Å². The van der Waals surface area contributed by atoms with Crippen molar-refractivity contribution < 1.29 is 4.79 Å². The first-order valence-corrected chi connectivity index (χ1v) is 8.31. The predicted octanol–water partition coefficient (Wildman–Crippen LogP) is 3.05. The van der Waals surface area contributed by atoms with Gasteiger partial charge in [0.25, 0.3) is 0 Å². The molecule has 0 saturated heterocycles. The van der Waals surface area contributed by atoms with Crippen LogP contribution in [0.25, 0.3) is 0 Å². The molecule has 5 heteroatoms. The summed E-state index contributed by atoms with van der Waals surface area (Å²) in [6, 6.07) is 0. The second-order valence-electron chi connectivity index (χ2n) is 6.34. The maximum absolute atomic E-state index is 12.5. The van der Waals surface area contributed by atoms with E-state index in [9.17, 15) is 4.79 Å². The molecule has 1 aromatic heterocycles. The van der Waals surface area contributed by atoms with Crippen molar-refractivity contribution in [2.24, 2.45) is 18.2 Å². The van der Waals surface area contributed by atoms with E-state index < -0.39 is 0 Å². The van der Waals surface area contributed by atoms with E-state index in [1.807, 2.05) is 14.0 Å². The molecule has 1 fully saturated rings. The molecule has 2 N–H and O–H groups in total. The number of Topliss-reactive ketones (excluding diaryl/α,β-unsaturated/α-hetero) is 1. The lowest BCUT2D eigenvalue weighted by Gasteiger charge is -2.35. The molecule has 0 atom stereocenters. The van der Waals surface area contributed by atoms with Crippen LogP contribution >= 0.6 is 11.6 Å². The molecule has 1 heterocycles. The molecular weight excluding hydrogens is 286 g/mol. The Morgan fingerprint density at radius 3 is 2.57 bits per heavy atom. The minimum atomic E-state index is 0.0218. The smallest absolute Gasteiger partial charge is 0.139 e. The van der Waals surface area contributed by atoms with Gasteiger partial charge in [0.05, 0.1) is 16.4 Å². The summed E-state index contributed by atoms with van der Waals surface area (Å²) >= 11 is 6.32. The average molecular weight is 312 g/mol. The Morgan fingerprint density at radius 2 is 2.05 bits per heavy atom. The first kappa shape index (κ1) is 16.5. The predicted molar refractivity (Wildman–Crippen MR) is 85.5 cm³/mol. The lowest BCUT2D eigenvalue weighted by molar-refractivity contribution is -0.121. The molecule has 0 radical (unpaired) electrons.